The molecule has 0 bridgehead atoms. The molecule has 4 nitrogen and oxygen atoms in total. The molecule has 0 aliphatic rings. The molecule has 5 heteroatoms. The highest BCUT2D eigenvalue weighted by molar-refractivity contribution is 6.31. The van der Waals surface area contributed by atoms with E-state index in [0.29, 0.717) is 22.9 Å². The second-order valence-corrected chi connectivity index (χ2v) is 5.26. The van der Waals surface area contributed by atoms with Crippen LogP contribution >= 0.6 is 11.6 Å². The molecule has 2 rings (SSSR count). The fourth-order valence-electron chi connectivity index (χ4n) is 1.90. The Morgan fingerprint density at radius 1 is 1.24 bits per heavy atom. The second-order valence-electron chi connectivity index (χ2n) is 4.85. The zero-order valence-corrected chi connectivity index (χ0v) is 12.7. The zero-order valence-electron chi connectivity index (χ0n) is 11.9. The lowest BCUT2D eigenvalue weighted by atomic mass is 10.1. The van der Waals surface area contributed by atoms with Crippen molar-refractivity contribution in [1.29, 1.82) is 0 Å². The molecule has 0 fully saturated rings. The van der Waals surface area contributed by atoms with Crippen LogP contribution in [-0.2, 0) is 6.61 Å². The molecule has 2 aromatic carbocycles. The van der Waals surface area contributed by atoms with Crippen molar-refractivity contribution in [2.45, 2.75) is 20.5 Å². The predicted molar refractivity (Wildman–Crippen MR) is 84.2 cm³/mol. The lowest BCUT2D eigenvalue weighted by Gasteiger charge is -2.12. The van der Waals surface area contributed by atoms with Crippen LogP contribution in [-0.4, -0.2) is 11.0 Å². The van der Waals surface area contributed by atoms with Gasteiger partial charge in [-0.2, -0.15) is 0 Å². The van der Waals surface area contributed by atoms with Crippen molar-refractivity contribution < 1.29 is 9.94 Å². The van der Waals surface area contributed by atoms with Gasteiger partial charge in [0.25, 0.3) is 0 Å². The highest BCUT2D eigenvalue weighted by Crippen LogP contribution is 2.23. The van der Waals surface area contributed by atoms with E-state index in [4.69, 9.17) is 27.3 Å². The van der Waals surface area contributed by atoms with E-state index in [-0.39, 0.29) is 5.84 Å². The first-order chi connectivity index (χ1) is 10.0. The zero-order chi connectivity index (χ0) is 15.4. The number of aryl methyl sites for hydroxylation is 2. The van der Waals surface area contributed by atoms with Gasteiger partial charge in [-0.1, -0.05) is 41.0 Å². The summed E-state index contributed by atoms with van der Waals surface area (Å²) < 4.78 is 5.80. The largest absolute Gasteiger partial charge is 0.489 e. The summed E-state index contributed by atoms with van der Waals surface area (Å²) in [6, 6.07) is 11.2. The topological polar surface area (TPSA) is 67.8 Å². The Bertz CT molecular complexity index is 684. The van der Waals surface area contributed by atoms with E-state index in [1.807, 2.05) is 38.1 Å². The lowest BCUT2D eigenvalue weighted by molar-refractivity contribution is 0.304. The van der Waals surface area contributed by atoms with Crippen LogP contribution < -0.4 is 10.5 Å². The van der Waals surface area contributed by atoms with Crippen molar-refractivity contribution in [1.82, 2.24) is 0 Å². The van der Waals surface area contributed by atoms with Crippen molar-refractivity contribution in [3.63, 3.8) is 0 Å². The maximum Gasteiger partial charge on any atom is 0.170 e. The average molecular weight is 305 g/mol. The van der Waals surface area contributed by atoms with Gasteiger partial charge in [0.15, 0.2) is 5.84 Å². The van der Waals surface area contributed by atoms with Gasteiger partial charge < -0.3 is 15.7 Å². The molecule has 0 aromatic heterocycles. The highest BCUT2D eigenvalue weighted by atomic mass is 35.5. The molecule has 0 amide bonds. The number of benzene rings is 2. The molecular formula is C16H17ClN2O2. The normalized spacial score (nSPS) is 11.5. The molecule has 0 heterocycles. The van der Waals surface area contributed by atoms with Gasteiger partial charge in [0.2, 0.25) is 0 Å². The summed E-state index contributed by atoms with van der Waals surface area (Å²) >= 11 is 6.19. The molecule has 21 heavy (non-hydrogen) atoms. The molecule has 0 saturated heterocycles. The summed E-state index contributed by atoms with van der Waals surface area (Å²) in [4.78, 5) is 0. The van der Waals surface area contributed by atoms with Crippen molar-refractivity contribution in [2.24, 2.45) is 10.9 Å². The first kappa shape index (κ1) is 15.2. The fraction of sp³-hybridized carbons (Fsp3) is 0.188. The third-order valence-corrected chi connectivity index (χ3v) is 3.54. The highest BCUT2D eigenvalue weighted by Gasteiger charge is 2.07. The van der Waals surface area contributed by atoms with E-state index in [0.717, 1.165) is 16.7 Å². The monoisotopic (exact) mass is 304 g/mol. The number of rotatable bonds is 4. The standard InChI is InChI=1S/C16H17ClN2O2/c1-10-3-5-13(14(17)7-10)9-21-15-8-12(16(18)19-20)6-4-11(15)2/h3-8,20H,9H2,1-2H3,(H2,18,19). The molecule has 0 radical (unpaired) electrons. The Morgan fingerprint density at radius 2 is 2.00 bits per heavy atom. The number of halogens is 1. The van der Waals surface area contributed by atoms with E-state index in [2.05, 4.69) is 5.16 Å². The van der Waals surface area contributed by atoms with Crippen molar-refractivity contribution in [2.75, 3.05) is 0 Å². The van der Waals surface area contributed by atoms with Gasteiger partial charge in [0, 0.05) is 16.1 Å². The molecule has 0 unspecified atom stereocenters. The van der Waals surface area contributed by atoms with Crippen molar-refractivity contribution >= 4 is 17.4 Å². The minimum Gasteiger partial charge on any atom is -0.489 e. The quantitative estimate of drug-likeness (QED) is 0.392. The van der Waals surface area contributed by atoms with Crippen LogP contribution in [0, 0.1) is 13.8 Å². The first-order valence-corrected chi connectivity index (χ1v) is 6.85. The van der Waals surface area contributed by atoms with Crippen LogP contribution in [0.5, 0.6) is 5.75 Å². The molecular weight excluding hydrogens is 288 g/mol. The molecule has 0 saturated carbocycles. The number of nitrogens with two attached hydrogens (primary N) is 1. The molecule has 0 atom stereocenters. The van der Waals surface area contributed by atoms with Gasteiger partial charge in [-0.05, 0) is 37.1 Å². The van der Waals surface area contributed by atoms with Crippen LogP contribution in [0.3, 0.4) is 0 Å². The first-order valence-electron chi connectivity index (χ1n) is 6.47. The Morgan fingerprint density at radius 3 is 2.67 bits per heavy atom. The average Bonchev–Trinajstić information content (AvgIpc) is 2.47. The van der Waals surface area contributed by atoms with E-state index in [1.165, 1.54) is 0 Å². The number of amidine groups is 1. The van der Waals surface area contributed by atoms with Crippen molar-refractivity contribution in [3.05, 3.63) is 63.7 Å². The van der Waals surface area contributed by atoms with Crippen LogP contribution in [0.15, 0.2) is 41.6 Å². The second kappa shape index (κ2) is 6.50. The molecule has 0 aliphatic heterocycles. The molecule has 2 aromatic rings. The van der Waals surface area contributed by atoms with Gasteiger partial charge >= 0.3 is 0 Å². The summed E-state index contributed by atoms with van der Waals surface area (Å²) in [6.07, 6.45) is 0. The molecule has 110 valence electrons. The maximum absolute atomic E-state index is 8.72. The van der Waals surface area contributed by atoms with Crippen LogP contribution in [0.4, 0.5) is 0 Å². The van der Waals surface area contributed by atoms with Gasteiger partial charge in [-0.15, -0.1) is 0 Å². The third kappa shape index (κ3) is 3.67. The summed E-state index contributed by atoms with van der Waals surface area (Å²) in [5.41, 5.74) is 9.17. The Balaban J connectivity index is 2.19. The number of hydrogen-bond donors (Lipinski definition) is 2. The maximum atomic E-state index is 8.72. The molecule has 0 spiro atoms. The van der Waals surface area contributed by atoms with E-state index in [9.17, 15) is 0 Å². The SMILES string of the molecule is Cc1ccc(COc2cc(/C(N)=N/O)ccc2C)c(Cl)c1. The summed E-state index contributed by atoms with van der Waals surface area (Å²) in [7, 11) is 0. The number of nitrogens with zero attached hydrogens (tertiary/aromatic N) is 1. The molecule has 3 N–H and O–H groups in total. The van der Waals surface area contributed by atoms with Crippen LogP contribution in [0.2, 0.25) is 5.02 Å². The summed E-state index contributed by atoms with van der Waals surface area (Å²) in [6.45, 7) is 4.28. The van der Waals surface area contributed by atoms with Crippen molar-refractivity contribution in [3.8, 4) is 5.75 Å². The summed E-state index contributed by atoms with van der Waals surface area (Å²) in [5.74, 6) is 0.726. The number of oxime groups is 1. The molecule has 0 aliphatic carbocycles. The predicted octanol–water partition coefficient (Wildman–Crippen LogP) is 3.63. The number of hydrogen-bond acceptors (Lipinski definition) is 3. The summed E-state index contributed by atoms with van der Waals surface area (Å²) in [5, 5.41) is 12.4. The Labute approximate surface area is 128 Å². The van der Waals surface area contributed by atoms with Crippen LogP contribution in [0.1, 0.15) is 22.3 Å². The fourth-order valence-corrected chi connectivity index (χ4v) is 2.19. The minimum absolute atomic E-state index is 0.0493. The van der Waals surface area contributed by atoms with Crippen LogP contribution in [0.25, 0.3) is 0 Å². The van der Waals surface area contributed by atoms with Gasteiger partial charge in [0.1, 0.15) is 12.4 Å². The Hall–Kier alpha value is -2.20. The minimum atomic E-state index is 0.0493. The van der Waals surface area contributed by atoms with Gasteiger partial charge in [-0.3, -0.25) is 0 Å². The Kier molecular flexibility index (Phi) is 4.70. The van der Waals surface area contributed by atoms with E-state index >= 15 is 0 Å². The number of ether oxygens (including phenoxy) is 1. The lowest BCUT2D eigenvalue weighted by Crippen LogP contribution is -2.13. The third-order valence-electron chi connectivity index (χ3n) is 3.18. The van der Waals surface area contributed by atoms with E-state index < -0.39 is 0 Å². The smallest absolute Gasteiger partial charge is 0.170 e. The van der Waals surface area contributed by atoms with E-state index in [1.54, 1.807) is 12.1 Å². The van der Waals surface area contributed by atoms with Gasteiger partial charge in [0.05, 0.1) is 0 Å². The van der Waals surface area contributed by atoms with Gasteiger partial charge in [-0.25, -0.2) is 0 Å².